The first-order valence-corrected chi connectivity index (χ1v) is 9.96. The minimum Gasteiger partial charge on any atom is -0.353 e. The van der Waals surface area contributed by atoms with Gasteiger partial charge in [0.1, 0.15) is 6.54 Å². The van der Waals surface area contributed by atoms with Crippen molar-refractivity contribution >= 4 is 11.8 Å². The Balaban J connectivity index is 1.78. The Kier molecular flexibility index (Phi) is 6.24. The van der Waals surface area contributed by atoms with E-state index in [1.165, 1.54) is 17.0 Å². The molecule has 1 aromatic heterocycles. The van der Waals surface area contributed by atoms with Crippen molar-refractivity contribution in [3.05, 3.63) is 59.4 Å². The first-order chi connectivity index (χ1) is 14.1. The molecule has 0 unspecified atom stereocenters. The molecule has 3 rings (SSSR count). The molecule has 1 aromatic carbocycles. The number of carbonyl (C=O) groups is 2. The van der Waals surface area contributed by atoms with Crippen LogP contribution in [0.25, 0.3) is 0 Å². The van der Waals surface area contributed by atoms with Crippen LogP contribution in [0.1, 0.15) is 48.3 Å². The SMILES string of the molecule is CC(C)N(CC(=O)N(Cc1cccn1C)C1CC1)C(=O)c1cccc(C(F)(F)F)c1. The first kappa shape index (κ1) is 21.9. The van der Waals surface area contributed by atoms with Gasteiger partial charge in [-0.05, 0) is 57.0 Å². The molecule has 0 atom stereocenters. The lowest BCUT2D eigenvalue weighted by Gasteiger charge is -2.30. The van der Waals surface area contributed by atoms with Gasteiger partial charge in [-0.1, -0.05) is 6.07 Å². The van der Waals surface area contributed by atoms with E-state index in [0.29, 0.717) is 6.54 Å². The number of halogens is 3. The van der Waals surface area contributed by atoms with Crippen molar-refractivity contribution in [2.24, 2.45) is 7.05 Å². The zero-order chi connectivity index (χ0) is 22.1. The number of aryl methyl sites for hydroxylation is 1. The molecule has 1 saturated carbocycles. The van der Waals surface area contributed by atoms with Crippen LogP contribution in [-0.2, 0) is 24.6 Å². The third-order valence-corrected chi connectivity index (χ3v) is 5.32. The van der Waals surface area contributed by atoms with E-state index in [2.05, 4.69) is 0 Å². The van der Waals surface area contributed by atoms with Crippen molar-refractivity contribution < 1.29 is 22.8 Å². The van der Waals surface area contributed by atoms with E-state index in [1.807, 2.05) is 29.9 Å². The summed E-state index contributed by atoms with van der Waals surface area (Å²) in [5.41, 5.74) is 0.0222. The molecule has 30 heavy (non-hydrogen) atoms. The highest BCUT2D eigenvalue weighted by molar-refractivity contribution is 5.97. The van der Waals surface area contributed by atoms with Gasteiger partial charge in [0.25, 0.3) is 5.91 Å². The first-order valence-electron chi connectivity index (χ1n) is 9.96. The molecule has 5 nitrogen and oxygen atoms in total. The summed E-state index contributed by atoms with van der Waals surface area (Å²) in [7, 11) is 1.91. The molecular weight excluding hydrogens is 395 g/mol. The molecule has 0 aliphatic heterocycles. The van der Waals surface area contributed by atoms with Gasteiger partial charge in [-0.15, -0.1) is 0 Å². The Morgan fingerprint density at radius 1 is 1.17 bits per heavy atom. The number of nitrogens with zero attached hydrogens (tertiary/aromatic N) is 3. The van der Waals surface area contributed by atoms with Gasteiger partial charge in [-0.2, -0.15) is 13.2 Å². The summed E-state index contributed by atoms with van der Waals surface area (Å²) < 4.78 is 41.0. The minimum atomic E-state index is -4.54. The van der Waals surface area contributed by atoms with Gasteiger partial charge in [0, 0.05) is 36.6 Å². The van der Waals surface area contributed by atoms with Crippen LogP contribution in [0.2, 0.25) is 0 Å². The van der Waals surface area contributed by atoms with E-state index in [4.69, 9.17) is 0 Å². The zero-order valence-corrected chi connectivity index (χ0v) is 17.3. The van der Waals surface area contributed by atoms with Gasteiger partial charge in [-0.3, -0.25) is 9.59 Å². The number of hydrogen-bond acceptors (Lipinski definition) is 2. The maximum absolute atomic E-state index is 13.1. The van der Waals surface area contributed by atoms with Gasteiger partial charge >= 0.3 is 6.18 Å². The van der Waals surface area contributed by atoms with Crippen molar-refractivity contribution in [1.29, 1.82) is 0 Å². The van der Waals surface area contributed by atoms with E-state index >= 15 is 0 Å². The van der Waals surface area contributed by atoms with Gasteiger partial charge in [0.05, 0.1) is 12.1 Å². The number of amides is 2. The molecular formula is C22H26F3N3O2. The number of alkyl halides is 3. The molecule has 2 aromatic rings. The van der Waals surface area contributed by atoms with E-state index in [1.54, 1.807) is 18.7 Å². The third-order valence-electron chi connectivity index (χ3n) is 5.32. The zero-order valence-electron chi connectivity index (χ0n) is 17.3. The summed E-state index contributed by atoms with van der Waals surface area (Å²) >= 11 is 0. The largest absolute Gasteiger partial charge is 0.416 e. The molecule has 1 fully saturated rings. The van der Waals surface area contributed by atoms with Crippen LogP contribution < -0.4 is 0 Å². The van der Waals surface area contributed by atoms with Crippen LogP contribution in [0.3, 0.4) is 0 Å². The lowest BCUT2D eigenvalue weighted by atomic mass is 10.1. The Morgan fingerprint density at radius 3 is 2.40 bits per heavy atom. The van der Waals surface area contributed by atoms with Crippen molar-refractivity contribution in [2.45, 2.75) is 51.5 Å². The van der Waals surface area contributed by atoms with Gasteiger partial charge in [-0.25, -0.2) is 0 Å². The lowest BCUT2D eigenvalue weighted by Crippen LogP contribution is -2.46. The molecule has 1 aliphatic carbocycles. The summed E-state index contributed by atoms with van der Waals surface area (Å²) in [5, 5.41) is 0. The summed E-state index contributed by atoms with van der Waals surface area (Å²) in [6, 6.07) is 7.97. The van der Waals surface area contributed by atoms with Gasteiger partial charge in [0.2, 0.25) is 5.91 Å². The Morgan fingerprint density at radius 2 is 1.87 bits per heavy atom. The Hall–Kier alpha value is -2.77. The van der Waals surface area contributed by atoms with Crippen LogP contribution >= 0.6 is 0 Å². The van der Waals surface area contributed by atoms with Crippen LogP contribution in [0.4, 0.5) is 13.2 Å². The van der Waals surface area contributed by atoms with E-state index in [-0.39, 0.29) is 30.1 Å². The second-order valence-electron chi connectivity index (χ2n) is 7.97. The second kappa shape index (κ2) is 8.53. The molecule has 0 N–H and O–H groups in total. The summed E-state index contributed by atoms with van der Waals surface area (Å²) in [4.78, 5) is 29.1. The average molecular weight is 421 g/mol. The fraction of sp³-hybridized carbons (Fsp3) is 0.455. The third kappa shape index (κ3) is 5.04. The molecule has 1 heterocycles. The highest BCUT2D eigenvalue weighted by Gasteiger charge is 2.35. The van der Waals surface area contributed by atoms with Crippen LogP contribution in [-0.4, -0.2) is 44.8 Å². The van der Waals surface area contributed by atoms with Crippen LogP contribution in [0, 0.1) is 0 Å². The maximum atomic E-state index is 13.1. The normalized spacial score (nSPS) is 14.1. The number of aromatic nitrogens is 1. The molecule has 2 amide bonds. The second-order valence-corrected chi connectivity index (χ2v) is 7.97. The van der Waals surface area contributed by atoms with E-state index in [9.17, 15) is 22.8 Å². The van der Waals surface area contributed by atoms with E-state index < -0.39 is 17.6 Å². The van der Waals surface area contributed by atoms with E-state index in [0.717, 1.165) is 30.7 Å². The molecule has 8 heteroatoms. The number of hydrogen-bond donors (Lipinski definition) is 0. The highest BCUT2D eigenvalue weighted by atomic mass is 19.4. The predicted octanol–water partition coefficient (Wildman–Crippen LogP) is 4.09. The quantitative estimate of drug-likeness (QED) is 0.676. The van der Waals surface area contributed by atoms with Crippen molar-refractivity contribution in [1.82, 2.24) is 14.4 Å². The number of benzene rings is 1. The predicted molar refractivity (Wildman–Crippen MR) is 107 cm³/mol. The fourth-order valence-corrected chi connectivity index (χ4v) is 3.36. The average Bonchev–Trinajstić information content (AvgIpc) is 3.44. The number of carbonyl (C=O) groups excluding carboxylic acids is 2. The fourth-order valence-electron chi connectivity index (χ4n) is 3.36. The van der Waals surface area contributed by atoms with Crippen LogP contribution in [0.5, 0.6) is 0 Å². The molecule has 0 bridgehead atoms. The summed E-state index contributed by atoms with van der Waals surface area (Å²) in [6.07, 6.45) is -0.798. The van der Waals surface area contributed by atoms with Crippen molar-refractivity contribution in [3.63, 3.8) is 0 Å². The molecule has 0 radical (unpaired) electrons. The summed E-state index contributed by atoms with van der Waals surface area (Å²) in [6.45, 7) is 3.76. The minimum absolute atomic E-state index is 0.0771. The maximum Gasteiger partial charge on any atom is 0.416 e. The van der Waals surface area contributed by atoms with Crippen molar-refractivity contribution in [3.8, 4) is 0 Å². The van der Waals surface area contributed by atoms with Gasteiger partial charge < -0.3 is 14.4 Å². The molecule has 0 saturated heterocycles. The standard InChI is InChI=1S/C22H26F3N3O2/c1-15(2)27(21(30)16-6-4-7-17(12-16)22(23,24)25)14-20(29)28(18-9-10-18)13-19-8-5-11-26(19)3/h4-8,11-12,15,18H,9-10,13-14H2,1-3H3. The summed E-state index contributed by atoms with van der Waals surface area (Å²) in [5.74, 6) is -0.785. The Labute approximate surface area is 174 Å². The molecule has 1 aliphatic rings. The Bertz CT molecular complexity index is 916. The topological polar surface area (TPSA) is 45.6 Å². The number of rotatable bonds is 7. The monoisotopic (exact) mass is 421 g/mol. The van der Waals surface area contributed by atoms with Gasteiger partial charge in [0.15, 0.2) is 0 Å². The van der Waals surface area contributed by atoms with Crippen molar-refractivity contribution in [2.75, 3.05) is 6.54 Å². The lowest BCUT2D eigenvalue weighted by molar-refractivity contribution is -0.137. The molecule has 162 valence electrons. The molecule has 0 spiro atoms. The smallest absolute Gasteiger partial charge is 0.353 e. The highest BCUT2D eigenvalue weighted by Crippen LogP contribution is 2.31. The van der Waals surface area contributed by atoms with Crippen LogP contribution in [0.15, 0.2) is 42.6 Å².